The Kier molecular flexibility index (Phi) is 4.88. The maximum absolute atomic E-state index is 12.4. The van der Waals surface area contributed by atoms with Crippen LogP contribution >= 0.6 is 75.9 Å². The van der Waals surface area contributed by atoms with Gasteiger partial charge in [-0.05, 0) is 75.9 Å². The SMILES string of the molecule is NC(=S)/N=C(\N)N1C(=O)c2c(Br)c(Br)c(Br)c(Br)c2C1=O. The largest absolute Gasteiger partial charge is 0.374 e. The molecule has 110 valence electrons. The third-order valence-corrected chi connectivity index (χ3v) is 7.41. The van der Waals surface area contributed by atoms with Gasteiger partial charge < -0.3 is 11.5 Å². The van der Waals surface area contributed by atoms with Crippen LogP contribution in [-0.4, -0.2) is 27.8 Å². The molecule has 1 aromatic carbocycles. The third kappa shape index (κ3) is 2.69. The van der Waals surface area contributed by atoms with Crippen LogP contribution in [0.3, 0.4) is 0 Å². The number of guanidine groups is 1. The summed E-state index contributed by atoms with van der Waals surface area (Å²) in [6, 6.07) is 0. The van der Waals surface area contributed by atoms with Crippen molar-refractivity contribution in [1.82, 2.24) is 4.90 Å². The number of halogens is 4. The van der Waals surface area contributed by atoms with E-state index in [0.29, 0.717) is 17.9 Å². The average molecular weight is 564 g/mol. The number of fused-ring (bicyclic) bond motifs is 1. The van der Waals surface area contributed by atoms with Gasteiger partial charge in [0.05, 0.1) is 11.1 Å². The third-order valence-electron chi connectivity index (χ3n) is 2.55. The lowest BCUT2D eigenvalue weighted by Crippen LogP contribution is -2.42. The van der Waals surface area contributed by atoms with Gasteiger partial charge in [-0.15, -0.1) is 0 Å². The number of hydrogen-bond acceptors (Lipinski definition) is 3. The van der Waals surface area contributed by atoms with Gasteiger partial charge in [-0.1, -0.05) is 0 Å². The first-order valence-electron chi connectivity index (χ1n) is 5.06. The van der Waals surface area contributed by atoms with E-state index in [1.165, 1.54) is 0 Å². The Morgan fingerprint density at radius 3 is 1.62 bits per heavy atom. The molecule has 2 rings (SSSR count). The highest BCUT2D eigenvalue weighted by atomic mass is 79.9. The molecule has 0 fully saturated rings. The summed E-state index contributed by atoms with van der Waals surface area (Å²) in [7, 11) is 0. The zero-order valence-corrected chi connectivity index (χ0v) is 16.9. The number of nitrogens with zero attached hydrogens (tertiary/aromatic N) is 2. The maximum Gasteiger partial charge on any atom is 0.269 e. The molecule has 1 aliphatic rings. The highest BCUT2D eigenvalue weighted by Gasteiger charge is 2.42. The van der Waals surface area contributed by atoms with E-state index in [0.717, 1.165) is 4.90 Å². The number of rotatable bonds is 0. The average Bonchev–Trinajstić information content (AvgIpc) is 2.64. The molecule has 11 heteroatoms. The molecule has 0 unspecified atom stereocenters. The molecule has 0 bridgehead atoms. The molecular weight excluding hydrogens is 560 g/mol. The quantitative estimate of drug-likeness (QED) is 0.126. The lowest BCUT2D eigenvalue weighted by atomic mass is 10.1. The van der Waals surface area contributed by atoms with Crippen molar-refractivity contribution >= 4 is 98.8 Å². The van der Waals surface area contributed by atoms with Crippen LogP contribution in [0.4, 0.5) is 0 Å². The van der Waals surface area contributed by atoms with Crippen LogP contribution in [0.5, 0.6) is 0 Å². The number of benzene rings is 1. The van der Waals surface area contributed by atoms with Crippen molar-refractivity contribution in [3.05, 3.63) is 29.0 Å². The van der Waals surface area contributed by atoms with Crippen molar-refractivity contribution in [1.29, 1.82) is 0 Å². The van der Waals surface area contributed by atoms with Crippen LogP contribution in [0.25, 0.3) is 0 Å². The van der Waals surface area contributed by atoms with Crippen molar-refractivity contribution in [2.75, 3.05) is 0 Å². The minimum absolute atomic E-state index is 0.169. The normalized spacial score (nSPS) is 14.7. The van der Waals surface area contributed by atoms with Gasteiger partial charge in [-0.3, -0.25) is 9.59 Å². The van der Waals surface area contributed by atoms with E-state index in [1.54, 1.807) is 0 Å². The number of carbonyl (C=O) groups excluding carboxylic acids is 2. The Morgan fingerprint density at radius 2 is 1.29 bits per heavy atom. The van der Waals surface area contributed by atoms with E-state index in [4.69, 9.17) is 11.5 Å². The number of aliphatic imine (C=N–C) groups is 1. The lowest BCUT2D eigenvalue weighted by molar-refractivity contribution is 0.0747. The maximum atomic E-state index is 12.4. The highest BCUT2D eigenvalue weighted by Crippen LogP contribution is 2.45. The fraction of sp³-hybridized carbons (Fsp3) is 0. The van der Waals surface area contributed by atoms with Gasteiger partial charge in [-0.25, -0.2) is 4.90 Å². The first-order valence-corrected chi connectivity index (χ1v) is 8.64. The molecule has 0 aromatic heterocycles. The topological polar surface area (TPSA) is 102 Å². The van der Waals surface area contributed by atoms with Crippen molar-refractivity contribution in [2.24, 2.45) is 16.5 Å². The van der Waals surface area contributed by atoms with Crippen LogP contribution in [0, 0.1) is 0 Å². The zero-order chi connectivity index (χ0) is 16.1. The minimum atomic E-state index is -0.617. The van der Waals surface area contributed by atoms with E-state index < -0.39 is 11.8 Å². The number of amides is 2. The first kappa shape index (κ1) is 17.0. The molecule has 0 saturated heterocycles. The molecule has 2 amide bonds. The second-order valence-electron chi connectivity index (χ2n) is 3.76. The summed E-state index contributed by atoms with van der Waals surface area (Å²) in [5.74, 6) is -1.61. The molecule has 0 radical (unpaired) electrons. The van der Waals surface area contributed by atoms with Gasteiger partial charge >= 0.3 is 0 Å². The standard InChI is InChI=1S/C10H4Br4N4O2S/c11-3-1-2(4(12)6(14)5(3)13)8(20)18(7(1)19)9(15)17-10(16)21/h(H4,15,16,17,21). The fourth-order valence-electron chi connectivity index (χ4n) is 1.72. The Hall–Kier alpha value is -0.360. The van der Waals surface area contributed by atoms with Crippen molar-refractivity contribution in [2.45, 2.75) is 0 Å². The molecule has 21 heavy (non-hydrogen) atoms. The number of carbonyl (C=O) groups is 2. The molecule has 0 spiro atoms. The van der Waals surface area contributed by atoms with Crippen molar-refractivity contribution in [3.8, 4) is 0 Å². The van der Waals surface area contributed by atoms with Crippen molar-refractivity contribution < 1.29 is 9.59 Å². The monoisotopic (exact) mass is 560 g/mol. The van der Waals surface area contributed by atoms with Crippen LogP contribution in [0.1, 0.15) is 20.7 Å². The van der Waals surface area contributed by atoms with E-state index in [9.17, 15) is 9.59 Å². The zero-order valence-electron chi connectivity index (χ0n) is 9.79. The van der Waals surface area contributed by atoms with Crippen LogP contribution in [-0.2, 0) is 0 Å². The smallest absolute Gasteiger partial charge is 0.269 e. The Balaban J connectivity index is 2.72. The Labute approximate surface area is 157 Å². The van der Waals surface area contributed by atoms with E-state index >= 15 is 0 Å². The number of imide groups is 1. The van der Waals surface area contributed by atoms with Gasteiger partial charge in [0.25, 0.3) is 11.8 Å². The van der Waals surface area contributed by atoms with Gasteiger partial charge in [0.2, 0.25) is 5.96 Å². The molecule has 6 nitrogen and oxygen atoms in total. The van der Waals surface area contributed by atoms with Crippen molar-refractivity contribution in [3.63, 3.8) is 0 Å². The molecule has 4 N–H and O–H groups in total. The fourth-order valence-corrected chi connectivity index (χ4v) is 4.27. The molecule has 0 saturated carbocycles. The second kappa shape index (κ2) is 6.03. The molecule has 1 aliphatic heterocycles. The summed E-state index contributed by atoms with van der Waals surface area (Å²) in [6.07, 6.45) is 0. The van der Waals surface area contributed by atoms with Crippen LogP contribution in [0.2, 0.25) is 0 Å². The summed E-state index contributed by atoms with van der Waals surface area (Å²) in [5, 5.41) is -0.274. The van der Waals surface area contributed by atoms with E-state index in [2.05, 4.69) is 80.9 Å². The number of nitrogens with two attached hydrogens (primary N) is 2. The van der Waals surface area contributed by atoms with E-state index in [-0.39, 0.29) is 22.2 Å². The molecule has 0 aliphatic carbocycles. The van der Waals surface area contributed by atoms with Gasteiger partial charge in [0.15, 0.2) is 5.11 Å². The molecule has 1 aromatic rings. The Morgan fingerprint density at radius 1 is 0.905 bits per heavy atom. The Bertz CT molecular complexity index is 702. The first-order chi connectivity index (χ1) is 9.68. The number of hydrogen-bond donors (Lipinski definition) is 2. The summed E-state index contributed by atoms with van der Waals surface area (Å²) in [5.41, 5.74) is 11.2. The van der Waals surface area contributed by atoms with Gasteiger partial charge in [0.1, 0.15) is 0 Å². The predicted octanol–water partition coefficient (Wildman–Crippen LogP) is 2.89. The van der Waals surface area contributed by atoms with Gasteiger partial charge in [0, 0.05) is 17.9 Å². The molecule has 0 atom stereocenters. The number of thiocarbonyl (C=S) groups is 1. The lowest BCUT2D eigenvalue weighted by Gasteiger charge is -2.11. The minimum Gasteiger partial charge on any atom is -0.374 e. The summed E-state index contributed by atoms with van der Waals surface area (Å²) >= 11 is 17.8. The summed E-state index contributed by atoms with van der Waals surface area (Å²) in [6.45, 7) is 0. The van der Waals surface area contributed by atoms with Crippen LogP contribution in [0.15, 0.2) is 22.9 Å². The predicted molar refractivity (Wildman–Crippen MR) is 96.1 cm³/mol. The molecular formula is C10H4Br4N4O2S. The van der Waals surface area contributed by atoms with Gasteiger partial charge in [-0.2, -0.15) is 4.99 Å². The highest BCUT2D eigenvalue weighted by molar-refractivity contribution is 9.15. The molecule has 1 heterocycles. The van der Waals surface area contributed by atoms with Crippen LogP contribution < -0.4 is 11.5 Å². The summed E-state index contributed by atoms with van der Waals surface area (Å²) in [4.78, 5) is 29.2. The van der Waals surface area contributed by atoms with E-state index in [1.807, 2.05) is 0 Å². The summed E-state index contributed by atoms with van der Waals surface area (Å²) < 4.78 is 2.02. The second-order valence-corrected chi connectivity index (χ2v) is 7.35.